The van der Waals surface area contributed by atoms with Crippen molar-refractivity contribution in [1.82, 2.24) is 9.88 Å². The molecule has 0 aromatic carbocycles. The Labute approximate surface area is 107 Å². The van der Waals surface area contributed by atoms with Crippen molar-refractivity contribution in [3.05, 3.63) is 24.0 Å². The lowest BCUT2D eigenvalue weighted by Crippen LogP contribution is -2.32. The van der Waals surface area contributed by atoms with Gasteiger partial charge in [0.25, 0.3) is 0 Å². The number of hydrogen-bond acceptors (Lipinski definition) is 5. The molecule has 5 heteroatoms. The molecule has 0 amide bonds. The third-order valence-corrected chi connectivity index (χ3v) is 3.23. The molecule has 1 aliphatic rings. The standard InChI is InChI=1S/C13H18N4O/c14-10-12-2-3-13(11-15-12)17-5-1-4-16(6-7-17)8-9-18/h2-3,11,18H,1,4-9H2. The summed E-state index contributed by atoms with van der Waals surface area (Å²) in [4.78, 5) is 8.66. The lowest BCUT2D eigenvalue weighted by atomic mass is 10.3. The van der Waals surface area contributed by atoms with Crippen LogP contribution in [0, 0.1) is 11.3 Å². The molecule has 18 heavy (non-hydrogen) atoms. The molecule has 1 N–H and O–H groups in total. The molecule has 1 saturated heterocycles. The van der Waals surface area contributed by atoms with E-state index in [4.69, 9.17) is 10.4 Å². The van der Waals surface area contributed by atoms with Gasteiger partial charge in [-0.1, -0.05) is 0 Å². The quantitative estimate of drug-likeness (QED) is 0.839. The fourth-order valence-electron chi connectivity index (χ4n) is 2.23. The number of β-amino-alcohol motifs (C(OH)–C–C–N with tert-alkyl or cyclic N) is 1. The van der Waals surface area contributed by atoms with Crippen LogP contribution in [0.25, 0.3) is 0 Å². The molecule has 1 aromatic heterocycles. The summed E-state index contributed by atoms with van der Waals surface area (Å²) in [6.07, 6.45) is 2.85. The van der Waals surface area contributed by atoms with Crippen LogP contribution in [0.3, 0.4) is 0 Å². The zero-order chi connectivity index (χ0) is 12.8. The van der Waals surface area contributed by atoms with Crippen LogP contribution in [0.2, 0.25) is 0 Å². The van der Waals surface area contributed by atoms with Crippen LogP contribution in [0.5, 0.6) is 0 Å². The van der Waals surface area contributed by atoms with Crippen molar-refractivity contribution in [3.63, 3.8) is 0 Å². The number of anilines is 1. The molecular weight excluding hydrogens is 228 g/mol. The molecule has 0 aliphatic carbocycles. The van der Waals surface area contributed by atoms with Crippen LogP contribution in [0.15, 0.2) is 18.3 Å². The van der Waals surface area contributed by atoms with Crippen molar-refractivity contribution >= 4 is 5.69 Å². The van der Waals surface area contributed by atoms with Crippen LogP contribution in [-0.4, -0.2) is 54.3 Å². The van der Waals surface area contributed by atoms with Crippen LogP contribution in [-0.2, 0) is 0 Å². The van der Waals surface area contributed by atoms with Gasteiger partial charge >= 0.3 is 0 Å². The minimum Gasteiger partial charge on any atom is -0.395 e. The van der Waals surface area contributed by atoms with E-state index in [9.17, 15) is 0 Å². The maximum atomic E-state index is 8.96. The molecule has 2 rings (SSSR count). The number of aliphatic hydroxyl groups excluding tert-OH is 1. The molecule has 1 aliphatic heterocycles. The van der Waals surface area contributed by atoms with Gasteiger partial charge in [0, 0.05) is 26.2 Å². The van der Waals surface area contributed by atoms with Crippen molar-refractivity contribution in [2.45, 2.75) is 6.42 Å². The fourth-order valence-corrected chi connectivity index (χ4v) is 2.23. The molecule has 0 radical (unpaired) electrons. The molecule has 0 bridgehead atoms. The molecule has 96 valence electrons. The summed E-state index contributed by atoms with van der Waals surface area (Å²) >= 11 is 0. The first-order chi connectivity index (χ1) is 8.83. The molecule has 0 saturated carbocycles. The zero-order valence-corrected chi connectivity index (χ0v) is 10.4. The van der Waals surface area contributed by atoms with Gasteiger partial charge in [-0.25, -0.2) is 4.98 Å². The Hall–Kier alpha value is -1.64. The van der Waals surface area contributed by atoms with Crippen molar-refractivity contribution in [3.8, 4) is 6.07 Å². The minimum absolute atomic E-state index is 0.221. The minimum atomic E-state index is 0.221. The van der Waals surface area contributed by atoms with E-state index in [2.05, 4.69) is 14.8 Å². The summed E-state index contributed by atoms with van der Waals surface area (Å²) in [5.74, 6) is 0. The van der Waals surface area contributed by atoms with Crippen LogP contribution >= 0.6 is 0 Å². The van der Waals surface area contributed by atoms with E-state index in [1.54, 1.807) is 12.3 Å². The number of aromatic nitrogens is 1. The average Bonchev–Trinajstić information content (AvgIpc) is 2.65. The van der Waals surface area contributed by atoms with Crippen LogP contribution in [0.1, 0.15) is 12.1 Å². The zero-order valence-electron chi connectivity index (χ0n) is 10.4. The van der Waals surface area contributed by atoms with Gasteiger partial charge in [-0.2, -0.15) is 5.26 Å². The Kier molecular flexibility index (Phi) is 4.51. The molecule has 2 heterocycles. The van der Waals surface area contributed by atoms with Gasteiger partial charge in [0.1, 0.15) is 11.8 Å². The second-order valence-electron chi connectivity index (χ2n) is 4.42. The SMILES string of the molecule is N#Cc1ccc(N2CCCN(CCO)CC2)cn1. The van der Waals surface area contributed by atoms with E-state index in [-0.39, 0.29) is 6.61 Å². The number of nitrogens with zero attached hydrogens (tertiary/aromatic N) is 4. The van der Waals surface area contributed by atoms with Crippen molar-refractivity contribution in [2.75, 3.05) is 44.2 Å². The molecule has 1 aromatic rings. The van der Waals surface area contributed by atoms with Gasteiger partial charge < -0.3 is 10.0 Å². The van der Waals surface area contributed by atoms with E-state index in [0.717, 1.165) is 44.8 Å². The largest absolute Gasteiger partial charge is 0.395 e. The topological polar surface area (TPSA) is 63.4 Å². The van der Waals surface area contributed by atoms with E-state index in [1.165, 1.54) is 0 Å². The van der Waals surface area contributed by atoms with E-state index in [0.29, 0.717) is 5.69 Å². The Bertz CT molecular complexity index is 412. The first-order valence-electron chi connectivity index (χ1n) is 6.28. The predicted octanol–water partition coefficient (Wildman–Crippen LogP) is 0.458. The summed E-state index contributed by atoms with van der Waals surface area (Å²) in [5, 5.41) is 17.7. The number of hydrogen-bond donors (Lipinski definition) is 1. The highest BCUT2D eigenvalue weighted by Gasteiger charge is 2.14. The first-order valence-corrected chi connectivity index (χ1v) is 6.28. The van der Waals surface area contributed by atoms with E-state index < -0.39 is 0 Å². The third-order valence-electron chi connectivity index (χ3n) is 3.23. The number of aliphatic hydroxyl groups is 1. The van der Waals surface area contributed by atoms with Crippen LogP contribution < -0.4 is 4.90 Å². The van der Waals surface area contributed by atoms with Gasteiger partial charge in [-0.05, 0) is 25.1 Å². The summed E-state index contributed by atoms with van der Waals surface area (Å²) in [7, 11) is 0. The lowest BCUT2D eigenvalue weighted by molar-refractivity contribution is 0.204. The predicted molar refractivity (Wildman–Crippen MR) is 69.3 cm³/mol. The highest BCUT2D eigenvalue weighted by molar-refractivity contribution is 5.46. The van der Waals surface area contributed by atoms with E-state index in [1.807, 2.05) is 12.1 Å². The van der Waals surface area contributed by atoms with Gasteiger partial charge in [0.05, 0.1) is 18.5 Å². The molecule has 1 fully saturated rings. The number of nitriles is 1. The Morgan fingerprint density at radius 1 is 1.28 bits per heavy atom. The van der Waals surface area contributed by atoms with Gasteiger partial charge in [0.15, 0.2) is 0 Å². The van der Waals surface area contributed by atoms with E-state index >= 15 is 0 Å². The Morgan fingerprint density at radius 2 is 2.17 bits per heavy atom. The number of pyridine rings is 1. The monoisotopic (exact) mass is 246 g/mol. The van der Waals surface area contributed by atoms with Crippen molar-refractivity contribution in [2.24, 2.45) is 0 Å². The van der Waals surface area contributed by atoms with Gasteiger partial charge in [-0.3, -0.25) is 4.90 Å². The average molecular weight is 246 g/mol. The molecule has 0 spiro atoms. The highest BCUT2D eigenvalue weighted by atomic mass is 16.3. The fraction of sp³-hybridized carbons (Fsp3) is 0.538. The Morgan fingerprint density at radius 3 is 2.83 bits per heavy atom. The molecule has 5 nitrogen and oxygen atoms in total. The number of rotatable bonds is 3. The van der Waals surface area contributed by atoms with Crippen molar-refractivity contribution in [1.29, 1.82) is 5.26 Å². The Balaban J connectivity index is 1.98. The summed E-state index contributed by atoms with van der Waals surface area (Å²) in [5.41, 5.74) is 1.52. The smallest absolute Gasteiger partial charge is 0.140 e. The van der Waals surface area contributed by atoms with Gasteiger partial charge in [0.2, 0.25) is 0 Å². The maximum absolute atomic E-state index is 8.96. The molecule has 0 unspecified atom stereocenters. The summed E-state index contributed by atoms with van der Waals surface area (Å²) in [6.45, 7) is 4.89. The summed E-state index contributed by atoms with van der Waals surface area (Å²) < 4.78 is 0. The third kappa shape index (κ3) is 3.19. The highest BCUT2D eigenvalue weighted by Crippen LogP contribution is 2.15. The van der Waals surface area contributed by atoms with Crippen LogP contribution in [0.4, 0.5) is 5.69 Å². The normalized spacial score (nSPS) is 17.2. The second-order valence-corrected chi connectivity index (χ2v) is 4.42. The summed E-state index contributed by atoms with van der Waals surface area (Å²) in [6, 6.07) is 5.73. The maximum Gasteiger partial charge on any atom is 0.140 e. The lowest BCUT2D eigenvalue weighted by Gasteiger charge is -2.23. The molecule has 0 atom stereocenters. The van der Waals surface area contributed by atoms with Crippen molar-refractivity contribution < 1.29 is 5.11 Å². The molecular formula is C13H18N4O. The van der Waals surface area contributed by atoms with Gasteiger partial charge in [-0.15, -0.1) is 0 Å². The first kappa shape index (κ1) is 12.8. The second kappa shape index (κ2) is 6.34.